The third kappa shape index (κ3) is 3.81. The van der Waals surface area contributed by atoms with E-state index in [1.54, 1.807) is 0 Å². The molecule has 0 radical (unpaired) electrons. The first-order valence-electron chi connectivity index (χ1n) is 4.21. The lowest BCUT2D eigenvalue weighted by molar-refractivity contribution is 0.0173. The molecule has 0 aliphatic carbocycles. The van der Waals surface area contributed by atoms with Gasteiger partial charge in [0, 0.05) is 12.6 Å². The second-order valence-electron chi connectivity index (χ2n) is 3.24. The molecule has 0 aromatic carbocycles. The van der Waals surface area contributed by atoms with Crippen LogP contribution >= 0.6 is 11.6 Å². The zero-order valence-electron chi connectivity index (χ0n) is 7.49. The van der Waals surface area contributed by atoms with Gasteiger partial charge in [0.15, 0.2) is 0 Å². The summed E-state index contributed by atoms with van der Waals surface area (Å²) in [5.74, 6) is 0. The van der Waals surface area contributed by atoms with Gasteiger partial charge in [-0.25, -0.2) is 13.1 Å². The lowest BCUT2D eigenvalue weighted by atomic mass is 10.1. The number of ether oxygens (including phenoxy) is 1. The van der Waals surface area contributed by atoms with Crippen LogP contribution in [-0.4, -0.2) is 32.4 Å². The molecule has 1 N–H and O–H groups in total. The van der Waals surface area contributed by atoms with Gasteiger partial charge in [-0.2, -0.15) is 0 Å². The topological polar surface area (TPSA) is 55.4 Å². The maximum atomic E-state index is 11.1. The molecule has 0 spiro atoms. The Morgan fingerprint density at radius 3 is 2.85 bits per heavy atom. The summed E-state index contributed by atoms with van der Waals surface area (Å²) >= 11 is 5.27. The molecule has 6 heteroatoms. The van der Waals surface area contributed by atoms with Crippen molar-refractivity contribution in [1.82, 2.24) is 4.72 Å². The third-order valence-electron chi connectivity index (χ3n) is 1.97. The Labute approximate surface area is 83.7 Å². The van der Waals surface area contributed by atoms with Crippen molar-refractivity contribution >= 4 is 21.6 Å². The minimum atomic E-state index is -3.28. The molecule has 1 aliphatic heterocycles. The highest BCUT2D eigenvalue weighted by Crippen LogP contribution is 2.14. The minimum absolute atomic E-state index is 0.0208. The van der Waals surface area contributed by atoms with Gasteiger partial charge in [0.1, 0.15) is 5.21 Å². The van der Waals surface area contributed by atoms with Crippen LogP contribution in [0.1, 0.15) is 19.8 Å². The van der Waals surface area contributed by atoms with Gasteiger partial charge in [-0.1, -0.05) is 0 Å². The van der Waals surface area contributed by atoms with Crippen LogP contribution in [-0.2, 0) is 14.8 Å². The Morgan fingerprint density at radius 1 is 1.62 bits per heavy atom. The summed E-state index contributed by atoms with van der Waals surface area (Å²) in [7, 11) is -3.28. The van der Waals surface area contributed by atoms with Gasteiger partial charge in [-0.05, 0) is 19.8 Å². The van der Waals surface area contributed by atoms with Crippen LogP contribution in [0.5, 0.6) is 0 Å². The summed E-state index contributed by atoms with van der Waals surface area (Å²) in [6, 6.07) is -0.0208. The zero-order valence-corrected chi connectivity index (χ0v) is 9.07. The van der Waals surface area contributed by atoms with Crippen LogP contribution in [0.4, 0.5) is 0 Å². The van der Waals surface area contributed by atoms with E-state index in [0.717, 1.165) is 12.8 Å². The fourth-order valence-corrected chi connectivity index (χ4v) is 2.36. The van der Waals surface area contributed by atoms with E-state index in [2.05, 4.69) is 4.72 Å². The van der Waals surface area contributed by atoms with Gasteiger partial charge in [-0.3, -0.25) is 0 Å². The van der Waals surface area contributed by atoms with Crippen molar-refractivity contribution in [2.24, 2.45) is 0 Å². The highest BCUT2D eigenvalue weighted by atomic mass is 35.5. The van der Waals surface area contributed by atoms with Crippen molar-refractivity contribution in [3.05, 3.63) is 0 Å². The molecular formula is C7H14ClNO3S. The summed E-state index contributed by atoms with van der Waals surface area (Å²) in [6.45, 7) is 2.54. The van der Waals surface area contributed by atoms with E-state index in [1.165, 1.54) is 0 Å². The van der Waals surface area contributed by atoms with E-state index in [-0.39, 0.29) is 17.4 Å². The van der Waals surface area contributed by atoms with Crippen molar-refractivity contribution in [3.63, 3.8) is 0 Å². The summed E-state index contributed by atoms with van der Waals surface area (Å²) in [5, 5.41) is -0.376. The Kier molecular flexibility index (Phi) is 3.97. The molecule has 1 saturated heterocycles. The average molecular weight is 228 g/mol. The molecule has 2 atom stereocenters. The van der Waals surface area contributed by atoms with Crippen LogP contribution < -0.4 is 4.72 Å². The molecule has 4 nitrogen and oxygen atoms in total. The fraction of sp³-hybridized carbons (Fsp3) is 1.00. The molecule has 1 rings (SSSR count). The summed E-state index contributed by atoms with van der Waals surface area (Å²) in [6.07, 6.45) is 1.56. The first-order chi connectivity index (χ1) is 6.03. The molecule has 1 fully saturated rings. The molecule has 0 bridgehead atoms. The number of hydrogen-bond acceptors (Lipinski definition) is 3. The first kappa shape index (κ1) is 11.2. The van der Waals surface area contributed by atoms with Crippen LogP contribution in [0.25, 0.3) is 0 Å². The molecule has 0 saturated carbocycles. The Bertz CT molecular complexity index is 254. The van der Waals surface area contributed by atoms with Crippen molar-refractivity contribution in [1.29, 1.82) is 0 Å². The zero-order chi connectivity index (χ0) is 9.90. The minimum Gasteiger partial charge on any atom is -0.378 e. The Morgan fingerprint density at radius 2 is 2.31 bits per heavy atom. The molecule has 0 aromatic rings. The summed E-state index contributed by atoms with van der Waals surface area (Å²) < 4.78 is 30.0. The van der Waals surface area contributed by atoms with Crippen LogP contribution in [0, 0.1) is 0 Å². The Balaban J connectivity index is 2.45. The molecule has 1 heterocycles. The largest absolute Gasteiger partial charge is 0.378 e. The molecule has 78 valence electrons. The molecule has 2 unspecified atom stereocenters. The van der Waals surface area contributed by atoms with Gasteiger partial charge in [-0.15, -0.1) is 11.6 Å². The summed E-state index contributed by atoms with van der Waals surface area (Å²) in [4.78, 5) is 0. The van der Waals surface area contributed by atoms with Crippen LogP contribution in [0.2, 0.25) is 0 Å². The van der Waals surface area contributed by atoms with Gasteiger partial charge >= 0.3 is 0 Å². The van der Waals surface area contributed by atoms with E-state index >= 15 is 0 Å². The number of nitrogens with one attached hydrogen (secondary N) is 1. The maximum absolute atomic E-state index is 11.1. The standard InChI is InChI=1S/C7H14ClNO3S/c1-6-4-7(2-3-12-6)9-13(10,11)5-8/h6-7,9H,2-5H2,1H3. The molecule has 0 aromatic heterocycles. The van der Waals surface area contributed by atoms with Crippen LogP contribution in [0.15, 0.2) is 0 Å². The highest BCUT2D eigenvalue weighted by molar-refractivity contribution is 7.90. The van der Waals surface area contributed by atoms with Crippen molar-refractivity contribution in [3.8, 4) is 0 Å². The fourth-order valence-electron chi connectivity index (χ4n) is 1.39. The lowest BCUT2D eigenvalue weighted by Gasteiger charge is -2.27. The quantitative estimate of drug-likeness (QED) is 0.721. The third-order valence-corrected chi connectivity index (χ3v) is 3.82. The van der Waals surface area contributed by atoms with Gasteiger partial charge in [0.05, 0.1) is 6.10 Å². The molecule has 13 heavy (non-hydrogen) atoms. The highest BCUT2D eigenvalue weighted by Gasteiger charge is 2.23. The van der Waals surface area contributed by atoms with E-state index in [0.29, 0.717) is 6.61 Å². The monoisotopic (exact) mass is 227 g/mol. The van der Waals surface area contributed by atoms with Gasteiger partial charge in [0.25, 0.3) is 0 Å². The van der Waals surface area contributed by atoms with E-state index in [1.807, 2.05) is 6.92 Å². The molecule has 1 aliphatic rings. The van der Waals surface area contributed by atoms with E-state index in [4.69, 9.17) is 16.3 Å². The van der Waals surface area contributed by atoms with Crippen molar-refractivity contribution in [2.75, 3.05) is 11.8 Å². The molecular weight excluding hydrogens is 214 g/mol. The number of hydrogen-bond donors (Lipinski definition) is 1. The van der Waals surface area contributed by atoms with Crippen LogP contribution in [0.3, 0.4) is 0 Å². The second kappa shape index (κ2) is 4.59. The number of sulfonamides is 1. The number of halogens is 1. The average Bonchev–Trinajstić information content (AvgIpc) is 2.03. The number of rotatable bonds is 3. The van der Waals surface area contributed by atoms with Crippen molar-refractivity contribution < 1.29 is 13.2 Å². The van der Waals surface area contributed by atoms with Gasteiger partial charge in [0.2, 0.25) is 10.0 Å². The predicted octanol–water partition coefficient (Wildman–Crippen LogP) is 0.670. The first-order valence-corrected chi connectivity index (χ1v) is 6.40. The number of alkyl halides is 1. The second-order valence-corrected chi connectivity index (χ2v) is 5.58. The normalized spacial score (nSPS) is 30.3. The van der Waals surface area contributed by atoms with Gasteiger partial charge < -0.3 is 4.74 Å². The SMILES string of the molecule is CC1CC(NS(=O)(=O)CCl)CCO1. The smallest absolute Gasteiger partial charge is 0.225 e. The predicted molar refractivity (Wildman–Crippen MR) is 51.2 cm³/mol. The van der Waals surface area contributed by atoms with E-state index in [9.17, 15) is 8.42 Å². The maximum Gasteiger partial charge on any atom is 0.225 e. The van der Waals surface area contributed by atoms with E-state index < -0.39 is 10.0 Å². The lowest BCUT2D eigenvalue weighted by Crippen LogP contribution is -2.41. The Hall–Kier alpha value is 0.160. The van der Waals surface area contributed by atoms with Crippen molar-refractivity contribution in [2.45, 2.75) is 31.9 Å². The summed E-state index contributed by atoms with van der Waals surface area (Å²) in [5.41, 5.74) is 0. The molecule has 0 amide bonds.